The van der Waals surface area contributed by atoms with Gasteiger partial charge >= 0.3 is 0 Å². The number of carbonyl (C=O) groups excluding carboxylic acids is 1. The van der Waals surface area contributed by atoms with Gasteiger partial charge in [-0.2, -0.15) is 0 Å². The summed E-state index contributed by atoms with van der Waals surface area (Å²) in [6.07, 6.45) is 4.22. The molecule has 1 aliphatic rings. The summed E-state index contributed by atoms with van der Waals surface area (Å²) in [4.78, 5) is 15.9. The van der Waals surface area contributed by atoms with Crippen LogP contribution in [0, 0.1) is 0 Å². The smallest absolute Gasteiger partial charge is 0.230 e. The zero-order chi connectivity index (χ0) is 16.2. The van der Waals surface area contributed by atoms with Crippen molar-refractivity contribution in [2.45, 2.75) is 42.8 Å². The van der Waals surface area contributed by atoms with Crippen molar-refractivity contribution >= 4 is 17.7 Å². The number of aromatic nitrogens is 2. The largest absolute Gasteiger partial charge is 0.376 e. The van der Waals surface area contributed by atoms with Crippen LogP contribution in [0.5, 0.6) is 0 Å². The second kappa shape index (κ2) is 7.19. The van der Waals surface area contributed by atoms with Crippen LogP contribution in [-0.2, 0) is 16.1 Å². The third kappa shape index (κ3) is 3.76. The second-order valence-corrected chi connectivity index (χ2v) is 7.01. The van der Waals surface area contributed by atoms with Crippen molar-refractivity contribution in [1.82, 2.24) is 9.55 Å². The van der Waals surface area contributed by atoms with Crippen LogP contribution in [0.25, 0.3) is 11.3 Å². The van der Waals surface area contributed by atoms with Gasteiger partial charge in [0.25, 0.3) is 0 Å². The van der Waals surface area contributed by atoms with E-state index in [1.807, 2.05) is 24.4 Å². The Kier molecular flexibility index (Phi) is 5.03. The molecule has 1 aliphatic heterocycles. The summed E-state index contributed by atoms with van der Waals surface area (Å²) < 4.78 is 7.92. The summed E-state index contributed by atoms with van der Waals surface area (Å²) in [7, 11) is 0. The maximum atomic E-state index is 11.4. The zero-order valence-corrected chi connectivity index (χ0v) is 14.0. The molecule has 1 fully saturated rings. The lowest BCUT2D eigenvalue weighted by atomic mass is 10.1. The van der Waals surface area contributed by atoms with E-state index in [0.29, 0.717) is 0 Å². The first-order chi connectivity index (χ1) is 11.1. The Morgan fingerprint density at radius 2 is 2.26 bits per heavy atom. The topological polar surface area (TPSA) is 70.1 Å². The molecule has 2 heterocycles. The Labute approximate surface area is 140 Å². The highest BCUT2D eigenvalue weighted by molar-refractivity contribution is 8.00. The fraction of sp³-hybridized carbons (Fsp3) is 0.412. The number of carbonyl (C=O) groups is 1. The molecule has 1 saturated heterocycles. The lowest BCUT2D eigenvalue weighted by Crippen LogP contribution is -2.23. The number of imidazole rings is 1. The van der Waals surface area contributed by atoms with E-state index in [4.69, 9.17) is 10.5 Å². The summed E-state index contributed by atoms with van der Waals surface area (Å²) in [5, 5.41) is 0.495. The minimum atomic E-state index is -0.331. The van der Waals surface area contributed by atoms with E-state index < -0.39 is 0 Å². The van der Waals surface area contributed by atoms with Gasteiger partial charge in [0.1, 0.15) is 0 Å². The predicted octanol–water partition coefficient (Wildman–Crippen LogP) is 2.69. The molecule has 2 aromatic rings. The van der Waals surface area contributed by atoms with Gasteiger partial charge in [-0.1, -0.05) is 42.1 Å². The second-order valence-electron chi connectivity index (χ2n) is 5.70. The number of hydrogen-bond acceptors (Lipinski definition) is 4. The Morgan fingerprint density at radius 1 is 1.48 bits per heavy atom. The predicted molar refractivity (Wildman–Crippen MR) is 91.2 cm³/mol. The molecular weight excluding hydrogens is 310 g/mol. The highest BCUT2D eigenvalue weighted by atomic mass is 32.2. The summed E-state index contributed by atoms with van der Waals surface area (Å²) >= 11 is 1.40. The number of primary amides is 1. The van der Waals surface area contributed by atoms with Gasteiger partial charge in [0, 0.05) is 6.61 Å². The number of nitrogens with two attached hydrogens (primary N) is 1. The van der Waals surface area contributed by atoms with Crippen LogP contribution >= 0.6 is 11.8 Å². The van der Waals surface area contributed by atoms with Crippen LogP contribution in [0.15, 0.2) is 41.7 Å². The molecule has 1 amide bonds. The van der Waals surface area contributed by atoms with Crippen molar-refractivity contribution < 1.29 is 9.53 Å². The average Bonchev–Trinajstić information content (AvgIpc) is 3.19. The van der Waals surface area contributed by atoms with E-state index >= 15 is 0 Å². The van der Waals surface area contributed by atoms with Gasteiger partial charge in [-0.05, 0) is 25.3 Å². The van der Waals surface area contributed by atoms with Gasteiger partial charge in [0.15, 0.2) is 5.16 Å². The van der Waals surface area contributed by atoms with E-state index in [1.54, 1.807) is 6.92 Å². The molecule has 0 aliphatic carbocycles. The fourth-order valence-corrected chi connectivity index (χ4v) is 3.52. The Hall–Kier alpha value is -1.79. The lowest BCUT2D eigenvalue weighted by molar-refractivity contribution is -0.117. The highest BCUT2D eigenvalue weighted by Crippen LogP contribution is 2.30. The number of nitrogens with zero attached hydrogens (tertiary/aromatic N) is 2. The van der Waals surface area contributed by atoms with Gasteiger partial charge in [-0.15, -0.1) is 0 Å². The molecule has 0 unspecified atom stereocenters. The summed E-state index contributed by atoms with van der Waals surface area (Å²) in [5.41, 5.74) is 7.54. The van der Waals surface area contributed by atoms with Crippen LogP contribution in [0.3, 0.4) is 0 Å². The van der Waals surface area contributed by atoms with Crippen molar-refractivity contribution in [2.75, 3.05) is 6.61 Å². The van der Waals surface area contributed by atoms with Crippen molar-refractivity contribution in [2.24, 2.45) is 5.73 Å². The van der Waals surface area contributed by atoms with Gasteiger partial charge in [0.05, 0.1) is 29.8 Å². The summed E-state index contributed by atoms with van der Waals surface area (Å²) in [5.74, 6) is -0.331. The molecule has 0 bridgehead atoms. The normalized spacial score (nSPS) is 18.9. The SMILES string of the molecule is C[C@@H](Sc1ncc(-c2ccccc2)n1C[C@H]1CCCO1)C(N)=O. The van der Waals surface area contributed by atoms with Crippen molar-refractivity contribution in [3.63, 3.8) is 0 Å². The maximum absolute atomic E-state index is 11.4. The standard InChI is InChI=1S/C17H21N3O2S/c1-12(16(18)21)23-17-19-10-15(13-6-3-2-4-7-13)20(17)11-14-8-5-9-22-14/h2-4,6-7,10,12,14H,5,8-9,11H2,1H3,(H2,18,21)/t12-,14-/m1/s1. The third-order valence-corrected chi connectivity index (χ3v) is 5.10. The molecule has 1 aromatic heterocycles. The average molecular weight is 331 g/mol. The van der Waals surface area contributed by atoms with Crippen LogP contribution in [0.4, 0.5) is 0 Å². The number of benzene rings is 1. The minimum absolute atomic E-state index is 0.204. The highest BCUT2D eigenvalue weighted by Gasteiger charge is 2.22. The van der Waals surface area contributed by atoms with Gasteiger partial charge in [0.2, 0.25) is 5.91 Å². The number of ether oxygens (including phenoxy) is 1. The van der Waals surface area contributed by atoms with Gasteiger partial charge < -0.3 is 15.0 Å². The molecule has 6 heteroatoms. The van der Waals surface area contributed by atoms with Crippen LogP contribution in [0.1, 0.15) is 19.8 Å². The summed E-state index contributed by atoms with van der Waals surface area (Å²) in [6, 6.07) is 10.1. The maximum Gasteiger partial charge on any atom is 0.230 e. The first-order valence-corrected chi connectivity index (χ1v) is 8.71. The number of thioether (sulfide) groups is 1. The Bertz CT molecular complexity index is 666. The van der Waals surface area contributed by atoms with Crippen LogP contribution in [0.2, 0.25) is 0 Å². The lowest BCUT2D eigenvalue weighted by Gasteiger charge is -2.17. The minimum Gasteiger partial charge on any atom is -0.376 e. The Balaban J connectivity index is 1.92. The molecular formula is C17H21N3O2S. The first-order valence-electron chi connectivity index (χ1n) is 7.83. The number of rotatable bonds is 6. The molecule has 23 heavy (non-hydrogen) atoms. The van der Waals surface area contributed by atoms with Crippen molar-refractivity contribution in [1.29, 1.82) is 0 Å². The van der Waals surface area contributed by atoms with Crippen LogP contribution in [-0.4, -0.2) is 33.4 Å². The molecule has 0 spiro atoms. The quantitative estimate of drug-likeness (QED) is 0.826. The number of hydrogen-bond donors (Lipinski definition) is 1. The molecule has 0 radical (unpaired) electrons. The fourth-order valence-electron chi connectivity index (χ4n) is 2.68. The summed E-state index contributed by atoms with van der Waals surface area (Å²) in [6.45, 7) is 3.37. The molecule has 1 aromatic carbocycles. The van der Waals surface area contributed by atoms with E-state index in [9.17, 15) is 4.79 Å². The van der Waals surface area contributed by atoms with E-state index in [2.05, 4.69) is 21.7 Å². The van der Waals surface area contributed by atoms with E-state index in [-0.39, 0.29) is 17.3 Å². The van der Waals surface area contributed by atoms with E-state index in [0.717, 1.165) is 42.4 Å². The number of amides is 1. The first kappa shape index (κ1) is 16.1. The Morgan fingerprint density at radius 3 is 2.91 bits per heavy atom. The van der Waals surface area contributed by atoms with Crippen molar-refractivity contribution in [3.8, 4) is 11.3 Å². The molecule has 122 valence electrons. The zero-order valence-electron chi connectivity index (χ0n) is 13.1. The molecule has 3 rings (SSSR count). The van der Waals surface area contributed by atoms with E-state index in [1.165, 1.54) is 11.8 Å². The molecule has 5 nitrogen and oxygen atoms in total. The third-order valence-electron chi connectivity index (χ3n) is 3.98. The molecule has 2 N–H and O–H groups in total. The van der Waals surface area contributed by atoms with Crippen molar-refractivity contribution in [3.05, 3.63) is 36.5 Å². The van der Waals surface area contributed by atoms with Gasteiger partial charge in [-0.3, -0.25) is 4.79 Å². The van der Waals surface area contributed by atoms with Gasteiger partial charge in [-0.25, -0.2) is 4.98 Å². The van der Waals surface area contributed by atoms with Crippen LogP contribution < -0.4 is 5.73 Å². The molecule has 2 atom stereocenters. The monoisotopic (exact) mass is 331 g/mol. The molecule has 0 saturated carbocycles.